The Morgan fingerprint density at radius 3 is 2.44 bits per heavy atom. The Morgan fingerprint density at radius 2 is 1.75 bits per heavy atom. The highest BCUT2D eigenvalue weighted by Crippen LogP contribution is 2.35. The van der Waals surface area contributed by atoms with E-state index < -0.39 is 40.0 Å². The monoisotopic (exact) mass is 535 g/mol. The number of methoxy groups -OCH3 is 1. The molecule has 0 atom stereocenters. The summed E-state index contributed by atoms with van der Waals surface area (Å²) in [6.07, 6.45) is 0. The first kappa shape index (κ1) is 24.8. The zero-order valence-electron chi connectivity index (χ0n) is 18.1. The molecule has 4 rings (SSSR count). The number of thiazole rings is 1. The number of ether oxygens (including phenoxy) is 2. The first-order chi connectivity index (χ1) is 17.2. The number of halogens is 2. The van der Waals surface area contributed by atoms with Crippen LogP contribution >= 0.6 is 22.7 Å². The van der Waals surface area contributed by atoms with Crippen LogP contribution in [0.1, 0.15) is 25.6 Å². The molecule has 0 radical (unpaired) electrons. The number of nitrogens with one attached hydrogen (secondary N) is 2. The molecule has 0 aliphatic rings. The maximum atomic E-state index is 14.6. The average molecular weight is 536 g/mol. The van der Waals surface area contributed by atoms with Gasteiger partial charge in [-0.05, 0) is 6.07 Å². The van der Waals surface area contributed by atoms with Crippen molar-refractivity contribution in [3.63, 3.8) is 0 Å². The van der Waals surface area contributed by atoms with Crippen molar-refractivity contribution in [3.05, 3.63) is 62.8 Å². The Labute approximate surface area is 208 Å². The number of urea groups is 1. The molecule has 2 amide bonds. The highest BCUT2D eigenvalue weighted by molar-refractivity contribution is 7.16. The van der Waals surface area contributed by atoms with E-state index in [1.165, 1.54) is 24.8 Å². The van der Waals surface area contributed by atoms with Crippen LogP contribution in [-0.4, -0.2) is 40.3 Å². The molecule has 2 heterocycles. The lowest BCUT2D eigenvalue weighted by Crippen LogP contribution is -2.21. The van der Waals surface area contributed by atoms with Crippen LogP contribution in [0, 0.1) is 11.6 Å². The van der Waals surface area contributed by atoms with Crippen LogP contribution in [0.4, 0.5) is 25.0 Å². The number of carboxylic acids is 2. The quantitative estimate of drug-likeness (QED) is 0.239. The zero-order chi connectivity index (χ0) is 26.0. The van der Waals surface area contributed by atoms with E-state index in [1.807, 2.05) is 0 Å². The fourth-order valence-electron chi connectivity index (χ4n) is 3.24. The predicted molar refractivity (Wildman–Crippen MR) is 128 cm³/mol. The second-order valence-corrected chi connectivity index (χ2v) is 8.79. The van der Waals surface area contributed by atoms with E-state index in [0.29, 0.717) is 27.1 Å². The smallest absolute Gasteiger partial charge is 0.346 e. The van der Waals surface area contributed by atoms with Gasteiger partial charge in [-0.15, -0.1) is 22.7 Å². The second kappa shape index (κ2) is 10.1. The molecule has 186 valence electrons. The van der Waals surface area contributed by atoms with Crippen molar-refractivity contribution in [2.75, 3.05) is 17.7 Å². The molecule has 0 fully saturated rings. The summed E-state index contributed by atoms with van der Waals surface area (Å²) in [6, 6.07) is 3.90. The molecule has 0 saturated heterocycles. The van der Waals surface area contributed by atoms with Gasteiger partial charge in [0.15, 0.2) is 17.3 Å². The zero-order valence-corrected chi connectivity index (χ0v) is 19.8. The molecule has 4 aromatic rings. The lowest BCUT2D eigenvalue weighted by molar-refractivity contribution is 0.0657. The molecule has 0 saturated carbocycles. The summed E-state index contributed by atoms with van der Waals surface area (Å²) in [4.78, 5) is 38.8. The van der Waals surface area contributed by atoms with Crippen LogP contribution in [0.25, 0.3) is 10.2 Å². The summed E-state index contributed by atoms with van der Waals surface area (Å²) in [5.74, 6) is -4.24. The lowest BCUT2D eigenvalue weighted by Gasteiger charge is -2.14. The molecule has 2 aromatic carbocycles. The van der Waals surface area contributed by atoms with Crippen LogP contribution < -0.4 is 20.1 Å². The molecule has 0 unspecified atom stereocenters. The van der Waals surface area contributed by atoms with Crippen molar-refractivity contribution in [2.45, 2.75) is 6.61 Å². The van der Waals surface area contributed by atoms with Crippen molar-refractivity contribution >= 4 is 62.2 Å². The number of aromatic nitrogens is 1. The van der Waals surface area contributed by atoms with Gasteiger partial charge in [0.05, 0.1) is 34.2 Å². The number of hydrogen-bond acceptors (Lipinski definition) is 8. The number of amides is 2. The third-order valence-electron chi connectivity index (χ3n) is 4.85. The summed E-state index contributed by atoms with van der Waals surface area (Å²) >= 11 is 1.75. The third kappa shape index (κ3) is 4.89. The van der Waals surface area contributed by atoms with Crippen molar-refractivity contribution in [1.82, 2.24) is 4.98 Å². The van der Waals surface area contributed by atoms with Crippen LogP contribution in [0.15, 0.2) is 35.2 Å². The van der Waals surface area contributed by atoms with Crippen LogP contribution in [0.5, 0.6) is 11.5 Å². The summed E-state index contributed by atoms with van der Waals surface area (Å²) < 4.78 is 39.8. The number of nitrogens with zero attached hydrogens (tertiary/aromatic N) is 1. The number of rotatable bonds is 8. The molecule has 0 aliphatic carbocycles. The van der Waals surface area contributed by atoms with Gasteiger partial charge >= 0.3 is 18.0 Å². The Kier molecular flexibility index (Phi) is 6.98. The Morgan fingerprint density at radius 1 is 1.00 bits per heavy atom. The second-order valence-electron chi connectivity index (χ2n) is 7.05. The van der Waals surface area contributed by atoms with Crippen molar-refractivity contribution in [3.8, 4) is 11.5 Å². The number of carboxylic acid groups (broad SMARTS) is 2. The van der Waals surface area contributed by atoms with Gasteiger partial charge in [-0.25, -0.2) is 28.1 Å². The van der Waals surface area contributed by atoms with Gasteiger partial charge in [0.25, 0.3) is 0 Å². The minimum atomic E-state index is -1.55. The van der Waals surface area contributed by atoms with Gasteiger partial charge in [-0.1, -0.05) is 6.07 Å². The highest BCUT2D eigenvalue weighted by atomic mass is 32.1. The van der Waals surface area contributed by atoms with Gasteiger partial charge in [-0.2, -0.15) is 0 Å². The standard InChI is InChI=1S/C22H15F2N3O7S2/c1-33-14-4-11(24)12(26-22(32)27-13-7-35-19(21(30)31)16(13)20(28)29)5-15(14)34-6-9-2-3-10(23)18-17(9)25-8-36-18/h2-5,7-8H,6H2,1H3,(H,28,29)(H,30,31)(H2,26,27,32). The van der Waals surface area contributed by atoms with E-state index in [9.17, 15) is 28.3 Å². The number of carbonyl (C=O) groups excluding carboxylic acids is 1. The van der Waals surface area contributed by atoms with Crippen LogP contribution in [-0.2, 0) is 6.61 Å². The molecule has 10 nitrogen and oxygen atoms in total. The Balaban J connectivity index is 1.55. The number of fused-ring (bicyclic) bond motifs is 1. The maximum absolute atomic E-state index is 14.6. The van der Waals surface area contributed by atoms with E-state index in [-0.39, 0.29) is 29.5 Å². The van der Waals surface area contributed by atoms with Crippen molar-refractivity contribution in [2.24, 2.45) is 0 Å². The summed E-state index contributed by atoms with van der Waals surface area (Å²) in [5.41, 5.74) is 1.29. The number of aromatic carboxylic acids is 2. The molecular formula is C22H15F2N3O7S2. The van der Waals surface area contributed by atoms with E-state index in [1.54, 1.807) is 0 Å². The summed E-state index contributed by atoms with van der Waals surface area (Å²) in [5, 5.41) is 24.0. The SMILES string of the molecule is COc1cc(F)c(NC(=O)Nc2csc(C(=O)O)c2C(=O)O)cc1OCc1ccc(F)c2scnc12. The number of benzene rings is 2. The van der Waals surface area contributed by atoms with E-state index in [2.05, 4.69) is 15.6 Å². The lowest BCUT2D eigenvalue weighted by atomic mass is 10.2. The van der Waals surface area contributed by atoms with Crippen LogP contribution in [0.2, 0.25) is 0 Å². The molecule has 36 heavy (non-hydrogen) atoms. The molecule has 2 aromatic heterocycles. The van der Waals surface area contributed by atoms with E-state index in [0.717, 1.165) is 28.8 Å². The Bertz CT molecular complexity index is 1500. The molecule has 0 bridgehead atoms. The fraction of sp³-hybridized carbons (Fsp3) is 0.0909. The van der Waals surface area contributed by atoms with Crippen molar-refractivity contribution in [1.29, 1.82) is 0 Å². The van der Waals surface area contributed by atoms with Gasteiger partial charge in [-0.3, -0.25) is 0 Å². The third-order valence-corrected chi connectivity index (χ3v) is 6.65. The maximum Gasteiger partial charge on any atom is 0.346 e. The number of carbonyl (C=O) groups is 3. The molecular weight excluding hydrogens is 520 g/mol. The van der Waals surface area contributed by atoms with E-state index in [4.69, 9.17) is 14.6 Å². The molecule has 4 N–H and O–H groups in total. The highest BCUT2D eigenvalue weighted by Gasteiger charge is 2.24. The average Bonchev–Trinajstić information content (AvgIpc) is 3.48. The first-order valence-electron chi connectivity index (χ1n) is 9.86. The summed E-state index contributed by atoms with van der Waals surface area (Å²) in [6.45, 7) is -0.0665. The fourth-order valence-corrected chi connectivity index (χ4v) is 4.81. The molecule has 14 heteroatoms. The minimum Gasteiger partial charge on any atom is -0.493 e. The number of anilines is 2. The van der Waals surface area contributed by atoms with E-state index >= 15 is 0 Å². The van der Waals surface area contributed by atoms with Crippen LogP contribution in [0.3, 0.4) is 0 Å². The minimum absolute atomic E-state index is 0.0205. The summed E-state index contributed by atoms with van der Waals surface area (Å²) in [7, 11) is 1.29. The normalized spacial score (nSPS) is 10.8. The molecule has 0 spiro atoms. The van der Waals surface area contributed by atoms with Crippen molar-refractivity contribution < 1.29 is 42.9 Å². The number of thiophene rings is 1. The largest absolute Gasteiger partial charge is 0.493 e. The topological polar surface area (TPSA) is 147 Å². The van der Waals surface area contributed by atoms with Gasteiger partial charge < -0.3 is 30.3 Å². The first-order valence-corrected chi connectivity index (χ1v) is 11.6. The predicted octanol–water partition coefficient (Wildman–Crippen LogP) is 5.26. The van der Waals surface area contributed by atoms with Gasteiger partial charge in [0.2, 0.25) is 0 Å². The van der Waals surface area contributed by atoms with Gasteiger partial charge in [0.1, 0.15) is 22.9 Å². The van der Waals surface area contributed by atoms with Gasteiger partial charge in [0, 0.05) is 23.1 Å². The Hall–Kier alpha value is -4.30. The molecule has 0 aliphatic heterocycles. The number of hydrogen-bond donors (Lipinski definition) is 4.